The van der Waals surface area contributed by atoms with Crippen molar-refractivity contribution >= 4 is 35.3 Å². The predicted octanol–water partition coefficient (Wildman–Crippen LogP) is 6.00. The van der Waals surface area contributed by atoms with Crippen LogP contribution in [0.4, 0.5) is 4.39 Å². The Morgan fingerprint density at radius 3 is 1.78 bits per heavy atom. The van der Waals surface area contributed by atoms with Gasteiger partial charge in [0.05, 0.1) is 0 Å². The van der Waals surface area contributed by atoms with Gasteiger partial charge in [-0.15, -0.1) is 0 Å². The van der Waals surface area contributed by atoms with Gasteiger partial charge in [0.25, 0.3) is 0 Å². The van der Waals surface area contributed by atoms with E-state index >= 15 is 0 Å². The van der Waals surface area contributed by atoms with E-state index in [1.165, 1.54) is 35.7 Å². The van der Waals surface area contributed by atoms with Gasteiger partial charge in [0, 0.05) is 15.4 Å². The van der Waals surface area contributed by atoms with Gasteiger partial charge in [-0.1, -0.05) is 59.9 Å². The lowest BCUT2D eigenvalue weighted by atomic mass is 10.2. The molecule has 0 unspecified atom stereocenters. The van der Waals surface area contributed by atoms with E-state index in [1.54, 1.807) is 12.1 Å². The molecular weight excluding hydrogens is 379 g/mol. The Morgan fingerprint density at radius 1 is 0.741 bits per heavy atom. The molecule has 27 heavy (non-hydrogen) atoms. The van der Waals surface area contributed by atoms with E-state index in [2.05, 4.69) is 0 Å². The van der Waals surface area contributed by atoms with Crippen LogP contribution in [0.5, 0.6) is 0 Å². The van der Waals surface area contributed by atoms with Gasteiger partial charge in [-0.05, 0) is 54.6 Å². The van der Waals surface area contributed by atoms with Gasteiger partial charge in [0.1, 0.15) is 11.6 Å². The van der Waals surface area contributed by atoms with Crippen LogP contribution in [0, 0.1) is 5.82 Å². The summed E-state index contributed by atoms with van der Waals surface area (Å²) < 4.78 is 17.9. The summed E-state index contributed by atoms with van der Waals surface area (Å²) in [7, 11) is 0. The molecule has 0 amide bonds. The van der Waals surface area contributed by atoms with Crippen LogP contribution in [0.1, 0.15) is 5.56 Å². The Kier molecular flexibility index (Phi) is 5.05. The first-order valence-electron chi connectivity index (χ1n) is 8.34. The monoisotopic (exact) mass is 394 g/mol. The molecule has 1 heterocycles. The zero-order valence-corrected chi connectivity index (χ0v) is 15.8. The van der Waals surface area contributed by atoms with Crippen molar-refractivity contribution in [2.45, 2.75) is 13.9 Å². The molecule has 0 aromatic heterocycles. The molecule has 0 saturated heterocycles. The lowest BCUT2D eigenvalue weighted by molar-refractivity contribution is -0.134. The maximum Gasteiger partial charge on any atom is 0.342 e. The number of esters is 1. The van der Waals surface area contributed by atoms with Crippen LogP contribution in [0.2, 0.25) is 0 Å². The van der Waals surface area contributed by atoms with Crippen molar-refractivity contribution < 1.29 is 13.9 Å². The Morgan fingerprint density at radius 2 is 1.26 bits per heavy atom. The Hall–Kier alpha value is -2.50. The number of ether oxygens (including phenoxy) is 1. The van der Waals surface area contributed by atoms with E-state index in [4.69, 9.17) is 4.74 Å². The first kappa shape index (κ1) is 17.9. The van der Waals surface area contributed by atoms with Gasteiger partial charge < -0.3 is 4.74 Å². The standard InChI is InChI=1S/C22H15FO2S2/c23-17-13-11-16(12-14-17)20-15-22(21(24)25-20,26-18-7-3-1-4-8-18)27-19-9-5-2-6-10-19/h1-15H. The molecule has 134 valence electrons. The first-order chi connectivity index (χ1) is 13.1. The summed E-state index contributed by atoms with van der Waals surface area (Å²) in [5, 5.41) is 0. The molecule has 0 fully saturated rings. The second kappa shape index (κ2) is 7.62. The molecular formula is C22H15FO2S2. The van der Waals surface area contributed by atoms with Crippen molar-refractivity contribution in [2.75, 3.05) is 0 Å². The number of halogens is 1. The fraction of sp³-hybridized carbons (Fsp3) is 0.0455. The minimum absolute atomic E-state index is 0.327. The minimum Gasteiger partial charge on any atom is -0.424 e. The van der Waals surface area contributed by atoms with Crippen LogP contribution in [-0.2, 0) is 9.53 Å². The van der Waals surface area contributed by atoms with Gasteiger partial charge in [-0.3, -0.25) is 0 Å². The largest absolute Gasteiger partial charge is 0.424 e. The molecule has 2 nitrogen and oxygen atoms in total. The van der Waals surface area contributed by atoms with Crippen LogP contribution in [-0.4, -0.2) is 10.0 Å². The number of benzene rings is 3. The van der Waals surface area contributed by atoms with Gasteiger partial charge in [0.15, 0.2) is 4.08 Å². The highest BCUT2D eigenvalue weighted by Gasteiger charge is 2.46. The predicted molar refractivity (Wildman–Crippen MR) is 108 cm³/mol. The lowest BCUT2D eigenvalue weighted by Crippen LogP contribution is -2.25. The summed E-state index contributed by atoms with van der Waals surface area (Å²) in [5.41, 5.74) is 0.675. The second-order valence-electron chi connectivity index (χ2n) is 5.90. The molecule has 0 N–H and O–H groups in total. The van der Waals surface area contributed by atoms with E-state index < -0.39 is 4.08 Å². The van der Waals surface area contributed by atoms with Crippen molar-refractivity contribution in [2.24, 2.45) is 0 Å². The number of thioether (sulfide) groups is 2. The molecule has 3 aromatic rings. The third-order valence-corrected chi connectivity index (χ3v) is 6.65. The Balaban J connectivity index is 1.74. The van der Waals surface area contributed by atoms with Crippen LogP contribution in [0.25, 0.3) is 5.76 Å². The molecule has 0 spiro atoms. The summed E-state index contributed by atoms with van der Waals surface area (Å²) >= 11 is 2.88. The van der Waals surface area contributed by atoms with Crippen LogP contribution in [0.3, 0.4) is 0 Å². The average molecular weight is 394 g/mol. The topological polar surface area (TPSA) is 26.3 Å². The molecule has 1 aliphatic heterocycles. The van der Waals surface area contributed by atoms with Crippen LogP contribution >= 0.6 is 23.5 Å². The summed E-state index contributed by atoms with van der Waals surface area (Å²) in [6, 6.07) is 25.5. The minimum atomic E-state index is -0.952. The zero-order valence-electron chi connectivity index (χ0n) is 14.2. The number of rotatable bonds is 5. The molecule has 5 heteroatoms. The van der Waals surface area contributed by atoms with Crippen molar-refractivity contribution in [3.63, 3.8) is 0 Å². The quantitative estimate of drug-likeness (QED) is 0.391. The molecule has 0 atom stereocenters. The molecule has 0 aliphatic carbocycles. The van der Waals surface area contributed by atoms with E-state index in [9.17, 15) is 9.18 Å². The van der Waals surface area contributed by atoms with E-state index in [1.807, 2.05) is 66.7 Å². The SMILES string of the molecule is O=C1OC(c2ccc(F)cc2)=CC1(Sc1ccccc1)Sc1ccccc1. The molecule has 1 aliphatic rings. The van der Waals surface area contributed by atoms with Gasteiger partial charge in [-0.2, -0.15) is 0 Å². The van der Waals surface area contributed by atoms with Crippen molar-refractivity contribution in [1.82, 2.24) is 0 Å². The highest BCUT2D eigenvalue weighted by atomic mass is 32.2. The Bertz CT molecular complexity index is 929. The molecule has 0 saturated carbocycles. The third-order valence-electron chi connectivity index (χ3n) is 3.96. The van der Waals surface area contributed by atoms with Crippen LogP contribution in [0.15, 0.2) is 101 Å². The first-order valence-corrected chi connectivity index (χ1v) is 9.97. The zero-order chi connectivity index (χ0) is 18.7. The normalized spacial score (nSPS) is 15.3. The maximum absolute atomic E-state index is 13.2. The number of carbonyl (C=O) groups is 1. The highest BCUT2D eigenvalue weighted by Crippen LogP contribution is 2.52. The Labute approximate surface area is 165 Å². The van der Waals surface area contributed by atoms with E-state index in [0.717, 1.165) is 9.79 Å². The number of hydrogen-bond acceptors (Lipinski definition) is 4. The highest BCUT2D eigenvalue weighted by molar-refractivity contribution is 8.19. The summed E-state index contributed by atoms with van der Waals surface area (Å²) in [6.07, 6.45) is 1.83. The van der Waals surface area contributed by atoms with Crippen LogP contribution < -0.4 is 0 Å². The molecule has 0 bridgehead atoms. The molecule has 4 rings (SSSR count). The summed E-state index contributed by atoms with van der Waals surface area (Å²) in [4.78, 5) is 14.9. The van der Waals surface area contributed by atoms with Crippen molar-refractivity contribution in [3.05, 3.63) is 102 Å². The number of hydrogen-bond donors (Lipinski definition) is 0. The number of cyclic esters (lactones) is 1. The van der Waals surface area contributed by atoms with Gasteiger partial charge >= 0.3 is 5.97 Å². The van der Waals surface area contributed by atoms with Gasteiger partial charge in [0.2, 0.25) is 0 Å². The second-order valence-corrected chi connectivity index (χ2v) is 8.80. The average Bonchev–Trinajstić information content (AvgIpc) is 3.00. The van der Waals surface area contributed by atoms with Crippen molar-refractivity contribution in [3.8, 4) is 0 Å². The molecule has 0 radical (unpaired) electrons. The maximum atomic E-state index is 13.2. The van der Waals surface area contributed by atoms with E-state index in [0.29, 0.717) is 11.3 Å². The van der Waals surface area contributed by atoms with Crippen molar-refractivity contribution in [1.29, 1.82) is 0 Å². The third kappa shape index (κ3) is 3.94. The summed E-state index contributed by atoms with van der Waals surface area (Å²) in [5.74, 6) is -0.219. The fourth-order valence-electron chi connectivity index (χ4n) is 2.68. The molecule has 3 aromatic carbocycles. The number of carbonyl (C=O) groups excluding carboxylic acids is 1. The van der Waals surface area contributed by atoms with Gasteiger partial charge in [-0.25, -0.2) is 9.18 Å². The lowest BCUT2D eigenvalue weighted by Gasteiger charge is -2.22. The smallest absolute Gasteiger partial charge is 0.342 e. The fourth-order valence-corrected chi connectivity index (χ4v) is 5.29. The van der Waals surface area contributed by atoms with E-state index in [-0.39, 0.29) is 11.8 Å². The summed E-state index contributed by atoms with van der Waals surface area (Å²) in [6.45, 7) is 0.